The minimum atomic E-state index is -0.221. The Morgan fingerprint density at radius 1 is 1.12 bits per heavy atom. The van der Waals surface area contributed by atoms with E-state index in [1.165, 1.54) is 23.1 Å². The molecule has 0 bridgehead atoms. The lowest BCUT2D eigenvalue weighted by Crippen LogP contribution is -2.23. The fraction of sp³-hybridized carbons (Fsp3) is 0.125. The first-order chi connectivity index (χ1) is 16.7. The molecule has 0 fully saturated rings. The van der Waals surface area contributed by atoms with Crippen LogP contribution in [0.3, 0.4) is 0 Å². The molecule has 5 rings (SSSR count). The van der Waals surface area contributed by atoms with E-state index in [0.29, 0.717) is 29.6 Å². The number of para-hydroxylation sites is 1. The van der Waals surface area contributed by atoms with Gasteiger partial charge in [-0.1, -0.05) is 36.0 Å². The Kier molecular flexibility index (Phi) is 6.50. The second kappa shape index (κ2) is 10.0. The Morgan fingerprint density at radius 2 is 2.00 bits per heavy atom. The molecule has 0 aliphatic heterocycles. The fourth-order valence-electron chi connectivity index (χ4n) is 3.33. The van der Waals surface area contributed by atoms with Crippen LogP contribution in [0.2, 0.25) is 0 Å². The molecule has 0 saturated carbocycles. The first kappa shape index (κ1) is 22.1. The number of hydrogen-bond acceptors (Lipinski definition) is 8. The van der Waals surface area contributed by atoms with E-state index in [4.69, 9.17) is 4.42 Å². The molecule has 34 heavy (non-hydrogen) atoms. The summed E-state index contributed by atoms with van der Waals surface area (Å²) in [5, 5.41) is 15.0. The average molecular weight is 489 g/mol. The maximum atomic E-state index is 12.5. The number of aryl methyl sites for hydroxylation is 1. The number of hydrogen-bond donors (Lipinski definition) is 1. The smallest absolute Gasteiger partial charge is 0.271 e. The van der Waals surface area contributed by atoms with Crippen molar-refractivity contribution in [3.63, 3.8) is 0 Å². The molecule has 0 saturated heterocycles. The molecule has 1 N–H and O–H groups in total. The van der Waals surface area contributed by atoms with Crippen molar-refractivity contribution in [1.29, 1.82) is 0 Å². The number of thiazole rings is 1. The molecule has 0 radical (unpaired) electrons. The molecule has 5 aromatic rings. The number of furan rings is 1. The largest absolute Gasteiger partial charge is 0.461 e. The maximum absolute atomic E-state index is 12.5. The van der Waals surface area contributed by atoms with Crippen molar-refractivity contribution in [1.82, 2.24) is 30.0 Å². The van der Waals surface area contributed by atoms with Crippen LogP contribution in [0.1, 0.15) is 26.8 Å². The number of rotatable bonds is 8. The van der Waals surface area contributed by atoms with Crippen molar-refractivity contribution in [3.05, 3.63) is 94.4 Å². The summed E-state index contributed by atoms with van der Waals surface area (Å²) in [6.45, 7) is 2.41. The van der Waals surface area contributed by atoms with Crippen LogP contribution in [-0.4, -0.2) is 30.6 Å². The number of nitrogens with one attached hydrogen (secondary N) is 1. The van der Waals surface area contributed by atoms with E-state index in [1.807, 2.05) is 66.1 Å². The van der Waals surface area contributed by atoms with E-state index in [0.717, 1.165) is 27.1 Å². The third-order valence-corrected chi connectivity index (χ3v) is 6.97. The highest BCUT2D eigenvalue weighted by Gasteiger charge is 2.20. The van der Waals surface area contributed by atoms with Gasteiger partial charge < -0.3 is 9.73 Å². The lowest BCUT2D eigenvalue weighted by atomic mass is 10.2. The Balaban J connectivity index is 1.32. The second-order valence-electron chi connectivity index (χ2n) is 7.32. The number of carbonyl (C=O) groups is 1. The summed E-state index contributed by atoms with van der Waals surface area (Å²) in [6, 6.07) is 17.4. The Labute approximate surface area is 204 Å². The van der Waals surface area contributed by atoms with Crippen LogP contribution in [0.25, 0.3) is 17.3 Å². The minimum Gasteiger partial charge on any atom is -0.461 e. The van der Waals surface area contributed by atoms with E-state index in [-0.39, 0.29) is 5.91 Å². The highest BCUT2D eigenvalue weighted by molar-refractivity contribution is 7.98. The van der Waals surface area contributed by atoms with Crippen molar-refractivity contribution in [2.45, 2.75) is 24.4 Å². The predicted octanol–water partition coefficient (Wildman–Crippen LogP) is 4.91. The minimum absolute atomic E-state index is 0.221. The van der Waals surface area contributed by atoms with Crippen LogP contribution in [0.4, 0.5) is 0 Å². The molecule has 0 aliphatic carbocycles. The van der Waals surface area contributed by atoms with E-state index in [2.05, 4.69) is 25.5 Å². The second-order valence-corrected chi connectivity index (χ2v) is 9.21. The van der Waals surface area contributed by atoms with Gasteiger partial charge in [0.2, 0.25) is 5.82 Å². The summed E-state index contributed by atoms with van der Waals surface area (Å²) in [5.41, 5.74) is 3.27. The molecule has 1 aromatic carbocycles. The molecule has 0 atom stereocenters. The van der Waals surface area contributed by atoms with Gasteiger partial charge in [0.15, 0.2) is 10.9 Å². The van der Waals surface area contributed by atoms with Crippen molar-refractivity contribution < 1.29 is 9.21 Å². The van der Waals surface area contributed by atoms with Gasteiger partial charge in [-0.3, -0.25) is 14.3 Å². The van der Waals surface area contributed by atoms with Crippen LogP contribution >= 0.6 is 23.1 Å². The van der Waals surface area contributed by atoms with E-state index in [9.17, 15) is 4.79 Å². The molecule has 10 heteroatoms. The zero-order valence-corrected chi connectivity index (χ0v) is 19.8. The summed E-state index contributed by atoms with van der Waals surface area (Å²) in [4.78, 5) is 21.2. The molecular weight excluding hydrogens is 468 g/mol. The average Bonchev–Trinajstić information content (AvgIpc) is 3.63. The number of aromatic nitrogens is 5. The van der Waals surface area contributed by atoms with Crippen LogP contribution < -0.4 is 5.32 Å². The van der Waals surface area contributed by atoms with E-state index in [1.54, 1.807) is 17.8 Å². The van der Waals surface area contributed by atoms with Gasteiger partial charge in [-0.05, 0) is 42.8 Å². The summed E-state index contributed by atoms with van der Waals surface area (Å²) < 4.78 is 7.58. The van der Waals surface area contributed by atoms with Gasteiger partial charge in [-0.25, -0.2) is 4.98 Å². The molecule has 1 amide bonds. The third-order valence-electron chi connectivity index (χ3n) is 5.00. The summed E-state index contributed by atoms with van der Waals surface area (Å²) in [5.74, 6) is 1.61. The molecular formula is C24H20N6O2S2. The lowest BCUT2D eigenvalue weighted by Gasteiger charge is -2.11. The van der Waals surface area contributed by atoms with Crippen molar-refractivity contribution >= 4 is 29.0 Å². The lowest BCUT2D eigenvalue weighted by molar-refractivity contribution is 0.0946. The number of thioether (sulfide) groups is 1. The van der Waals surface area contributed by atoms with E-state index < -0.39 is 0 Å². The number of nitrogens with zero attached hydrogens (tertiary/aromatic N) is 5. The van der Waals surface area contributed by atoms with Crippen LogP contribution in [0, 0.1) is 6.92 Å². The first-order valence-electron chi connectivity index (χ1n) is 10.5. The highest BCUT2D eigenvalue weighted by atomic mass is 32.2. The normalized spacial score (nSPS) is 11.0. The zero-order valence-electron chi connectivity index (χ0n) is 18.2. The van der Waals surface area contributed by atoms with Crippen molar-refractivity contribution in [3.8, 4) is 17.3 Å². The van der Waals surface area contributed by atoms with Gasteiger partial charge in [0.25, 0.3) is 5.91 Å². The van der Waals surface area contributed by atoms with Crippen LogP contribution in [-0.2, 0) is 12.3 Å². The van der Waals surface area contributed by atoms with Crippen molar-refractivity contribution in [2.75, 3.05) is 0 Å². The van der Waals surface area contributed by atoms with Gasteiger partial charge in [-0.2, -0.15) is 0 Å². The quantitative estimate of drug-likeness (QED) is 0.310. The molecule has 0 aliphatic rings. The standard InChI is InChI=1S/C24H20N6O2S2/c1-16-7-2-3-9-19(16)30-22(20-10-6-12-32-20)28-29-24(30)34-15-21-27-18(14-33-21)23(31)26-13-17-8-4-5-11-25-17/h2-12,14H,13,15H2,1H3,(H,26,31). The molecule has 4 aromatic heterocycles. The van der Waals surface area contributed by atoms with Gasteiger partial charge >= 0.3 is 0 Å². The van der Waals surface area contributed by atoms with Crippen LogP contribution in [0.15, 0.2) is 82.0 Å². The Morgan fingerprint density at radius 3 is 2.79 bits per heavy atom. The summed E-state index contributed by atoms with van der Waals surface area (Å²) in [6.07, 6.45) is 3.32. The van der Waals surface area contributed by atoms with Crippen molar-refractivity contribution in [2.24, 2.45) is 0 Å². The first-order valence-corrected chi connectivity index (χ1v) is 12.4. The molecule has 0 unspecified atom stereocenters. The van der Waals surface area contributed by atoms with Gasteiger partial charge in [0, 0.05) is 11.6 Å². The highest BCUT2D eigenvalue weighted by Crippen LogP contribution is 2.31. The summed E-state index contributed by atoms with van der Waals surface area (Å²) in [7, 11) is 0. The molecule has 4 heterocycles. The number of amides is 1. The van der Waals surface area contributed by atoms with E-state index >= 15 is 0 Å². The predicted molar refractivity (Wildman–Crippen MR) is 131 cm³/mol. The topological polar surface area (TPSA) is 98.7 Å². The summed E-state index contributed by atoms with van der Waals surface area (Å²) >= 11 is 2.95. The SMILES string of the molecule is Cc1ccccc1-n1c(SCc2nc(C(=O)NCc3ccccn3)cs2)nnc1-c1ccco1. The molecule has 170 valence electrons. The van der Waals surface area contributed by atoms with Gasteiger partial charge in [-0.15, -0.1) is 21.5 Å². The maximum Gasteiger partial charge on any atom is 0.271 e. The number of carbonyl (C=O) groups excluding carboxylic acids is 1. The van der Waals surface area contributed by atoms with Crippen LogP contribution in [0.5, 0.6) is 0 Å². The monoisotopic (exact) mass is 488 g/mol. The molecule has 0 spiro atoms. The molecule has 8 nitrogen and oxygen atoms in total. The van der Waals surface area contributed by atoms with Gasteiger partial charge in [0.1, 0.15) is 10.7 Å². The third kappa shape index (κ3) is 4.78. The Hall–Kier alpha value is -3.76. The Bertz CT molecular complexity index is 1400. The number of pyridine rings is 1. The van der Waals surface area contributed by atoms with Gasteiger partial charge in [0.05, 0.1) is 29.9 Å². The zero-order chi connectivity index (χ0) is 23.3. The fourth-order valence-corrected chi connectivity index (χ4v) is 5.07. The number of benzene rings is 1.